The van der Waals surface area contributed by atoms with Crippen LogP contribution in [0.3, 0.4) is 0 Å². The third-order valence-electron chi connectivity index (χ3n) is 4.98. The van der Waals surface area contributed by atoms with Crippen molar-refractivity contribution in [2.75, 3.05) is 27.3 Å². The van der Waals surface area contributed by atoms with E-state index in [1.807, 2.05) is 42.5 Å². The number of esters is 1. The molecule has 1 aliphatic rings. The van der Waals surface area contributed by atoms with Crippen molar-refractivity contribution in [3.63, 3.8) is 0 Å². The summed E-state index contributed by atoms with van der Waals surface area (Å²) in [7, 11) is 2.87. The molecule has 1 aliphatic heterocycles. The summed E-state index contributed by atoms with van der Waals surface area (Å²) in [6, 6.07) is 14.3. The van der Waals surface area contributed by atoms with Crippen molar-refractivity contribution in [1.29, 1.82) is 0 Å². The number of carbonyl (C=O) groups is 3. The second kappa shape index (κ2) is 9.23. The molecule has 1 heterocycles. The first-order valence-electron chi connectivity index (χ1n) is 9.44. The van der Waals surface area contributed by atoms with E-state index in [9.17, 15) is 14.4 Å². The van der Waals surface area contributed by atoms with E-state index in [4.69, 9.17) is 4.74 Å². The number of carbonyl (C=O) groups excluding carboxylic acids is 3. The lowest BCUT2D eigenvalue weighted by Gasteiger charge is -2.24. The van der Waals surface area contributed by atoms with Crippen LogP contribution >= 0.6 is 0 Å². The number of hydrogen-bond donors (Lipinski definition) is 1. The molecular formula is C22H24N2O5. The number of benzene rings is 2. The van der Waals surface area contributed by atoms with Gasteiger partial charge in [-0.3, -0.25) is 14.4 Å². The Morgan fingerprint density at radius 1 is 1.10 bits per heavy atom. The lowest BCUT2D eigenvalue weighted by molar-refractivity contribution is -0.141. The summed E-state index contributed by atoms with van der Waals surface area (Å²) in [6.45, 7) is 0.283. The number of nitrogens with zero attached hydrogens (tertiary/aromatic N) is 1. The molecule has 1 fully saturated rings. The number of likely N-dealkylation sites (tertiary alicyclic amines) is 1. The fraction of sp³-hybridized carbons (Fsp3) is 0.318. The van der Waals surface area contributed by atoms with Gasteiger partial charge in [0.25, 0.3) is 5.91 Å². The van der Waals surface area contributed by atoms with Gasteiger partial charge in [0.15, 0.2) is 0 Å². The van der Waals surface area contributed by atoms with Crippen LogP contribution < -0.4 is 10.1 Å². The summed E-state index contributed by atoms with van der Waals surface area (Å²) in [5.41, 5.74) is 2.25. The van der Waals surface area contributed by atoms with Crippen molar-refractivity contribution >= 4 is 17.8 Å². The van der Waals surface area contributed by atoms with Gasteiger partial charge in [0, 0.05) is 17.7 Å². The predicted molar refractivity (Wildman–Crippen MR) is 108 cm³/mol. The van der Waals surface area contributed by atoms with Crippen LogP contribution in [0.1, 0.15) is 23.2 Å². The van der Waals surface area contributed by atoms with E-state index in [1.54, 1.807) is 18.1 Å². The van der Waals surface area contributed by atoms with Gasteiger partial charge in [0.1, 0.15) is 18.3 Å². The zero-order valence-electron chi connectivity index (χ0n) is 16.5. The van der Waals surface area contributed by atoms with Crippen molar-refractivity contribution in [2.45, 2.75) is 18.9 Å². The molecule has 0 unspecified atom stereocenters. The SMILES string of the molecule is COC(=O)CNC(=O)[C@@H]1CCCN1C(=O)c1cccc(-c2ccccc2OC)c1. The van der Waals surface area contributed by atoms with Crippen LogP contribution in [0.4, 0.5) is 0 Å². The van der Waals surface area contributed by atoms with Gasteiger partial charge in [-0.1, -0.05) is 30.3 Å². The maximum Gasteiger partial charge on any atom is 0.325 e. The minimum atomic E-state index is -0.595. The largest absolute Gasteiger partial charge is 0.496 e. The van der Waals surface area contributed by atoms with E-state index in [0.717, 1.165) is 23.3 Å². The maximum atomic E-state index is 13.1. The van der Waals surface area contributed by atoms with Gasteiger partial charge >= 0.3 is 5.97 Å². The van der Waals surface area contributed by atoms with Gasteiger partial charge in [0.05, 0.1) is 14.2 Å². The topological polar surface area (TPSA) is 84.9 Å². The summed E-state index contributed by atoms with van der Waals surface area (Å²) in [6.07, 6.45) is 1.29. The van der Waals surface area contributed by atoms with E-state index in [-0.39, 0.29) is 18.4 Å². The third kappa shape index (κ3) is 4.56. The van der Waals surface area contributed by atoms with Gasteiger partial charge < -0.3 is 19.7 Å². The predicted octanol–water partition coefficient (Wildman–Crippen LogP) is 2.26. The Hall–Kier alpha value is -3.35. The Labute approximate surface area is 169 Å². The molecule has 0 saturated carbocycles. The highest BCUT2D eigenvalue weighted by molar-refractivity contribution is 5.99. The summed E-state index contributed by atoms with van der Waals surface area (Å²) >= 11 is 0. The van der Waals surface area contributed by atoms with E-state index >= 15 is 0 Å². The first-order chi connectivity index (χ1) is 14.0. The molecule has 29 heavy (non-hydrogen) atoms. The molecule has 7 heteroatoms. The zero-order valence-corrected chi connectivity index (χ0v) is 16.5. The van der Waals surface area contributed by atoms with Crippen molar-refractivity contribution in [2.24, 2.45) is 0 Å². The molecule has 0 bridgehead atoms. The fourth-order valence-electron chi connectivity index (χ4n) is 3.50. The van der Waals surface area contributed by atoms with Crippen LogP contribution in [-0.4, -0.2) is 56.0 Å². The Balaban J connectivity index is 1.79. The Morgan fingerprint density at radius 2 is 1.90 bits per heavy atom. The van der Waals surface area contributed by atoms with E-state index in [1.165, 1.54) is 7.11 Å². The van der Waals surface area contributed by atoms with Crippen LogP contribution in [0.5, 0.6) is 5.75 Å². The molecule has 0 aliphatic carbocycles. The second-order valence-corrected chi connectivity index (χ2v) is 6.73. The van der Waals surface area contributed by atoms with E-state index < -0.39 is 12.0 Å². The highest BCUT2D eigenvalue weighted by Crippen LogP contribution is 2.30. The van der Waals surface area contributed by atoms with Gasteiger partial charge in [-0.25, -0.2) is 0 Å². The molecule has 1 atom stereocenters. The quantitative estimate of drug-likeness (QED) is 0.757. The van der Waals surface area contributed by atoms with Crippen LogP contribution in [0, 0.1) is 0 Å². The number of para-hydroxylation sites is 1. The van der Waals surface area contributed by atoms with E-state index in [2.05, 4.69) is 10.1 Å². The minimum absolute atomic E-state index is 0.211. The first kappa shape index (κ1) is 20.4. The standard InChI is InChI=1S/C22H24N2O5/c1-28-19-11-4-3-9-17(19)15-7-5-8-16(13-15)22(27)24-12-6-10-18(24)21(26)23-14-20(25)29-2/h3-5,7-9,11,13,18H,6,10,12,14H2,1-2H3,(H,23,26)/t18-/m0/s1. The lowest BCUT2D eigenvalue weighted by Crippen LogP contribution is -2.47. The molecule has 1 N–H and O–H groups in total. The molecule has 2 aromatic carbocycles. The van der Waals surface area contributed by atoms with Crippen LogP contribution in [0.2, 0.25) is 0 Å². The van der Waals surface area contributed by atoms with Crippen LogP contribution in [-0.2, 0) is 14.3 Å². The molecule has 2 amide bonds. The minimum Gasteiger partial charge on any atom is -0.496 e. The van der Waals surface area contributed by atoms with Gasteiger partial charge in [-0.2, -0.15) is 0 Å². The number of nitrogens with one attached hydrogen (secondary N) is 1. The maximum absolute atomic E-state index is 13.1. The molecule has 0 aromatic heterocycles. The Bertz CT molecular complexity index is 912. The number of amides is 2. The molecular weight excluding hydrogens is 372 g/mol. The molecule has 0 spiro atoms. The van der Waals surface area contributed by atoms with Crippen LogP contribution in [0.25, 0.3) is 11.1 Å². The average Bonchev–Trinajstić information content (AvgIpc) is 3.26. The van der Waals surface area contributed by atoms with Crippen molar-refractivity contribution in [3.05, 3.63) is 54.1 Å². The number of hydrogen-bond acceptors (Lipinski definition) is 5. The Morgan fingerprint density at radius 3 is 2.66 bits per heavy atom. The molecule has 1 saturated heterocycles. The van der Waals surface area contributed by atoms with E-state index in [0.29, 0.717) is 18.5 Å². The highest BCUT2D eigenvalue weighted by atomic mass is 16.5. The number of methoxy groups -OCH3 is 2. The average molecular weight is 396 g/mol. The summed E-state index contributed by atoms with van der Waals surface area (Å²) in [4.78, 5) is 38.4. The van der Waals surface area contributed by atoms with Crippen molar-refractivity contribution < 1.29 is 23.9 Å². The summed E-state index contributed by atoms with van der Waals surface area (Å²) in [5.74, 6) is -0.364. The lowest BCUT2D eigenvalue weighted by atomic mass is 10.0. The molecule has 3 rings (SSSR count). The van der Waals surface area contributed by atoms with Crippen LogP contribution in [0.15, 0.2) is 48.5 Å². The number of ether oxygens (including phenoxy) is 2. The van der Waals surface area contributed by atoms with Gasteiger partial charge in [-0.05, 0) is 36.6 Å². The monoisotopic (exact) mass is 396 g/mol. The number of rotatable bonds is 6. The Kier molecular flexibility index (Phi) is 6.49. The second-order valence-electron chi connectivity index (χ2n) is 6.73. The molecule has 7 nitrogen and oxygen atoms in total. The summed E-state index contributed by atoms with van der Waals surface area (Å²) < 4.78 is 9.95. The molecule has 0 radical (unpaired) electrons. The zero-order chi connectivity index (χ0) is 20.8. The first-order valence-corrected chi connectivity index (χ1v) is 9.44. The van der Waals surface area contributed by atoms with Crippen molar-refractivity contribution in [3.8, 4) is 16.9 Å². The molecule has 2 aromatic rings. The van der Waals surface area contributed by atoms with Gasteiger partial charge in [-0.15, -0.1) is 0 Å². The normalized spacial score (nSPS) is 15.7. The third-order valence-corrected chi connectivity index (χ3v) is 4.98. The highest BCUT2D eigenvalue weighted by Gasteiger charge is 2.34. The molecule has 152 valence electrons. The van der Waals surface area contributed by atoms with Crippen molar-refractivity contribution in [1.82, 2.24) is 10.2 Å². The smallest absolute Gasteiger partial charge is 0.325 e. The van der Waals surface area contributed by atoms with Gasteiger partial charge in [0.2, 0.25) is 5.91 Å². The fourth-order valence-corrected chi connectivity index (χ4v) is 3.50. The summed E-state index contributed by atoms with van der Waals surface area (Å²) in [5, 5.41) is 2.54.